The van der Waals surface area contributed by atoms with Crippen molar-refractivity contribution in [3.63, 3.8) is 0 Å². The molecule has 3 N–H and O–H groups in total. The number of aliphatic imine (C=N–C) groups is 1. The summed E-state index contributed by atoms with van der Waals surface area (Å²) in [6.45, 7) is 7.63. The molecule has 1 unspecified atom stereocenters. The van der Waals surface area contributed by atoms with Gasteiger partial charge < -0.3 is 15.7 Å². The lowest BCUT2D eigenvalue weighted by Crippen LogP contribution is -2.39. The minimum Gasteiger partial charge on any atom is -0.390 e. The van der Waals surface area contributed by atoms with E-state index in [4.69, 9.17) is 5.73 Å². The predicted molar refractivity (Wildman–Crippen MR) is 62.8 cm³/mol. The lowest BCUT2D eigenvalue weighted by atomic mass is 9.98. The number of hydrogen-bond acceptors (Lipinski definition) is 2. The Kier molecular flexibility index (Phi) is 3.97. The molecule has 4 nitrogen and oxygen atoms in total. The molecule has 4 heteroatoms. The Balaban J connectivity index is 2.58. The lowest BCUT2D eigenvalue weighted by Gasteiger charge is -2.23. The fourth-order valence-corrected chi connectivity index (χ4v) is 1.84. The van der Waals surface area contributed by atoms with Crippen molar-refractivity contribution in [1.82, 2.24) is 4.90 Å². The molecule has 1 heterocycles. The first-order valence-electron chi connectivity index (χ1n) is 5.71. The molecule has 88 valence electrons. The van der Waals surface area contributed by atoms with Gasteiger partial charge in [-0.25, -0.2) is 0 Å². The summed E-state index contributed by atoms with van der Waals surface area (Å²) in [7, 11) is 0. The highest BCUT2D eigenvalue weighted by atomic mass is 16.3. The van der Waals surface area contributed by atoms with Crippen molar-refractivity contribution in [3.8, 4) is 0 Å². The van der Waals surface area contributed by atoms with Gasteiger partial charge in [0.25, 0.3) is 0 Å². The van der Waals surface area contributed by atoms with Crippen LogP contribution in [-0.2, 0) is 0 Å². The van der Waals surface area contributed by atoms with E-state index in [1.807, 2.05) is 20.8 Å². The van der Waals surface area contributed by atoms with Crippen LogP contribution in [0.3, 0.4) is 0 Å². The van der Waals surface area contributed by atoms with E-state index in [9.17, 15) is 5.11 Å². The number of nitrogens with two attached hydrogens (primary N) is 1. The molecular weight excluding hydrogens is 190 g/mol. The Bertz CT molecular complexity index is 236. The smallest absolute Gasteiger partial charge is 0.191 e. The van der Waals surface area contributed by atoms with Crippen LogP contribution in [0.4, 0.5) is 0 Å². The van der Waals surface area contributed by atoms with E-state index >= 15 is 0 Å². The summed E-state index contributed by atoms with van der Waals surface area (Å²) < 4.78 is 0. The first kappa shape index (κ1) is 12.3. The van der Waals surface area contributed by atoms with Gasteiger partial charge in [0.05, 0.1) is 5.60 Å². The topological polar surface area (TPSA) is 61.8 Å². The average Bonchev–Trinajstić information content (AvgIpc) is 2.25. The van der Waals surface area contributed by atoms with Crippen molar-refractivity contribution >= 4 is 5.96 Å². The summed E-state index contributed by atoms with van der Waals surface area (Å²) in [6.07, 6.45) is 2.58. The molecule has 1 saturated heterocycles. The third-order valence-electron chi connectivity index (χ3n) is 2.78. The molecule has 1 rings (SSSR count). The summed E-state index contributed by atoms with van der Waals surface area (Å²) in [4.78, 5) is 6.40. The normalized spacial score (nSPS) is 29.4. The second-order valence-electron chi connectivity index (χ2n) is 4.92. The van der Waals surface area contributed by atoms with E-state index in [2.05, 4.69) is 9.89 Å². The van der Waals surface area contributed by atoms with Gasteiger partial charge in [0.15, 0.2) is 5.96 Å². The maximum atomic E-state index is 9.93. The zero-order valence-electron chi connectivity index (χ0n) is 10.0. The van der Waals surface area contributed by atoms with E-state index in [1.165, 1.54) is 0 Å². The van der Waals surface area contributed by atoms with Gasteiger partial charge in [-0.05, 0) is 40.0 Å². The van der Waals surface area contributed by atoms with Gasteiger partial charge in [-0.3, -0.25) is 4.99 Å². The molecule has 1 atom stereocenters. The summed E-state index contributed by atoms with van der Waals surface area (Å²) in [5.41, 5.74) is 5.37. The minimum absolute atomic E-state index is 0.230. The number of likely N-dealkylation sites (tertiary alicyclic amines) is 1. The number of aliphatic hydroxyl groups is 1. The Hall–Kier alpha value is -0.770. The zero-order chi connectivity index (χ0) is 11.5. The first-order valence-corrected chi connectivity index (χ1v) is 5.71. The Morgan fingerprint density at radius 3 is 2.67 bits per heavy atom. The molecule has 1 fully saturated rings. The molecule has 0 amide bonds. The van der Waals surface area contributed by atoms with Gasteiger partial charge in [0.1, 0.15) is 0 Å². The van der Waals surface area contributed by atoms with Gasteiger partial charge >= 0.3 is 0 Å². The van der Waals surface area contributed by atoms with E-state index in [0.717, 1.165) is 32.4 Å². The second-order valence-corrected chi connectivity index (χ2v) is 4.92. The van der Waals surface area contributed by atoms with Crippen LogP contribution in [0.1, 0.15) is 40.0 Å². The fraction of sp³-hybridized carbons (Fsp3) is 0.909. The summed E-state index contributed by atoms with van der Waals surface area (Å²) >= 11 is 0. The quantitative estimate of drug-likeness (QED) is 0.503. The lowest BCUT2D eigenvalue weighted by molar-refractivity contribution is 0.0462. The van der Waals surface area contributed by atoms with Crippen molar-refractivity contribution < 1.29 is 5.11 Å². The number of rotatable bonds is 1. The Morgan fingerprint density at radius 1 is 1.40 bits per heavy atom. The van der Waals surface area contributed by atoms with Crippen LogP contribution in [0.5, 0.6) is 0 Å². The molecule has 0 spiro atoms. The van der Waals surface area contributed by atoms with E-state index < -0.39 is 5.60 Å². The standard InChI is InChI=1S/C11H23N3O/c1-9(2)13-10(12)14-7-4-5-11(3,15)6-8-14/h9,15H,4-8H2,1-3H3,(H2,12,13). The minimum atomic E-state index is -0.535. The zero-order valence-corrected chi connectivity index (χ0v) is 10.0. The molecule has 0 aliphatic carbocycles. The third-order valence-corrected chi connectivity index (χ3v) is 2.78. The predicted octanol–water partition coefficient (Wildman–Crippen LogP) is 0.946. The monoisotopic (exact) mass is 213 g/mol. The Morgan fingerprint density at radius 2 is 2.07 bits per heavy atom. The maximum Gasteiger partial charge on any atom is 0.191 e. The van der Waals surface area contributed by atoms with Gasteiger partial charge in [-0.1, -0.05) is 0 Å². The molecule has 15 heavy (non-hydrogen) atoms. The van der Waals surface area contributed by atoms with Crippen LogP contribution < -0.4 is 5.73 Å². The van der Waals surface area contributed by atoms with Crippen LogP contribution in [0.25, 0.3) is 0 Å². The van der Waals surface area contributed by atoms with Crippen molar-refractivity contribution in [2.45, 2.75) is 51.7 Å². The highest BCUT2D eigenvalue weighted by Crippen LogP contribution is 2.21. The fourth-order valence-electron chi connectivity index (χ4n) is 1.84. The highest BCUT2D eigenvalue weighted by molar-refractivity contribution is 5.78. The molecule has 1 aliphatic heterocycles. The molecule has 0 aromatic heterocycles. The average molecular weight is 213 g/mol. The van der Waals surface area contributed by atoms with Gasteiger partial charge in [-0.15, -0.1) is 0 Å². The van der Waals surface area contributed by atoms with Crippen LogP contribution in [-0.4, -0.2) is 40.7 Å². The molecule has 0 aromatic carbocycles. The van der Waals surface area contributed by atoms with Gasteiger partial charge in [0.2, 0.25) is 0 Å². The van der Waals surface area contributed by atoms with Crippen LogP contribution in [0, 0.1) is 0 Å². The Labute approximate surface area is 92.2 Å². The van der Waals surface area contributed by atoms with Crippen LogP contribution in [0.2, 0.25) is 0 Å². The highest BCUT2D eigenvalue weighted by Gasteiger charge is 2.25. The van der Waals surface area contributed by atoms with Crippen molar-refractivity contribution in [2.24, 2.45) is 10.7 Å². The maximum absolute atomic E-state index is 9.93. The molecular formula is C11H23N3O. The largest absolute Gasteiger partial charge is 0.390 e. The number of hydrogen-bond donors (Lipinski definition) is 2. The molecule has 0 aromatic rings. The van der Waals surface area contributed by atoms with E-state index in [1.54, 1.807) is 0 Å². The van der Waals surface area contributed by atoms with E-state index in [0.29, 0.717) is 5.96 Å². The number of guanidine groups is 1. The number of nitrogens with zero attached hydrogens (tertiary/aromatic N) is 2. The van der Waals surface area contributed by atoms with Crippen molar-refractivity contribution in [2.75, 3.05) is 13.1 Å². The first-order chi connectivity index (χ1) is 6.91. The van der Waals surface area contributed by atoms with Crippen LogP contribution in [0.15, 0.2) is 4.99 Å². The van der Waals surface area contributed by atoms with Gasteiger partial charge in [-0.2, -0.15) is 0 Å². The molecule has 1 aliphatic rings. The van der Waals surface area contributed by atoms with E-state index in [-0.39, 0.29) is 6.04 Å². The van der Waals surface area contributed by atoms with Crippen molar-refractivity contribution in [3.05, 3.63) is 0 Å². The summed E-state index contributed by atoms with van der Waals surface area (Å²) in [5, 5.41) is 9.93. The SMILES string of the molecule is CC(C)N=C(N)N1CCCC(C)(O)CC1. The summed E-state index contributed by atoms with van der Waals surface area (Å²) in [5.74, 6) is 0.614. The summed E-state index contributed by atoms with van der Waals surface area (Å²) in [6, 6.07) is 0.230. The van der Waals surface area contributed by atoms with Crippen molar-refractivity contribution in [1.29, 1.82) is 0 Å². The molecule has 0 bridgehead atoms. The molecule has 0 saturated carbocycles. The second kappa shape index (κ2) is 4.84. The van der Waals surface area contributed by atoms with Gasteiger partial charge in [0, 0.05) is 19.1 Å². The van der Waals surface area contributed by atoms with Crippen LogP contribution >= 0.6 is 0 Å². The molecule has 0 radical (unpaired) electrons. The third kappa shape index (κ3) is 4.08.